The zero-order valence-corrected chi connectivity index (χ0v) is 15.2. The molecule has 0 saturated carbocycles. The zero-order chi connectivity index (χ0) is 17.9. The van der Waals surface area contributed by atoms with Gasteiger partial charge in [-0.05, 0) is 36.3 Å². The number of nitrogens with zero attached hydrogens (tertiary/aromatic N) is 1. The lowest BCUT2D eigenvalue weighted by molar-refractivity contribution is 0.105. The first kappa shape index (κ1) is 16.4. The van der Waals surface area contributed by atoms with Crippen molar-refractivity contribution in [1.29, 1.82) is 0 Å². The summed E-state index contributed by atoms with van der Waals surface area (Å²) in [5.74, 6) is 0.00688. The van der Waals surface area contributed by atoms with Gasteiger partial charge in [-0.3, -0.25) is 4.79 Å². The van der Waals surface area contributed by atoms with Crippen molar-refractivity contribution >= 4 is 33.4 Å². The van der Waals surface area contributed by atoms with E-state index in [9.17, 15) is 4.79 Å². The van der Waals surface area contributed by atoms with Gasteiger partial charge in [-0.2, -0.15) is 0 Å². The van der Waals surface area contributed by atoms with Crippen LogP contribution in [0, 0.1) is 6.92 Å². The quantitative estimate of drug-likeness (QED) is 0.324. The molecule has 3 heteroatoms. The molecule has 126 valence electrons. The normalized spacial score (nSPS) is 11.3. The molecule has 0 spiro atoms. The number of allylic oxidation sites excluding steroid dienone is 1. The number of ketones is 1. The minimum absolute atomic E-state index is 0.00688. The van der Waals surface area contributed by atoms with Gasteiger partial charge in [-0.15, -0.1) is 11.3 Å². The number of hydrogen-bond acceptors (Lipinski definition) is 3. The van der Waals surface area contributed by atoms with Crippen LogP contribution in [0.3, 0.4) is 0 Å². The van der Waals surface area contributed by atoms with E-state index in [4.69, 9.17) is 0 Å². The van der Waals surface area contributed by atoms with Gasteiger partial charge in [0.2, 0.25) is 0 Å². The molecule has 2 aromatic heterocycles. The van der Waals surface area contributed by atoms with Gasteiger partial charge in [0, 0.05) is 17.1 Å². The molecule has 0 saturated heterocycles. The van der Waals surface area contributed by atoms with Crippen LogP contribution in [0.4, 0.5) is 0 Å². The van der Waals surface area contributed by atoms with Crippen molar-refractivity contribution in [3.05, 3.63) is 95.0 Å². The number of pyridine rings is 1. The predicted octanol–water partition coefficient (Wildman–Crippen LogP) is 6.17. The summed E-state index contributed by atoms with van der Waals surface area (Å²) in [6.07, 6.45) is 5.29. The summed E-state index contributed by atoms with van der Waals surface area (Å²) in [4.78, 5) is 19.0. The van der Waals surface area contributed by atoms with Crippen LogP contribution in [0.2, 0.25) is 0 Å². The van der Waals surface area contributed by atoms with Crippen LogP contribution in [0.5, 0.6) is 0 Å². The van der Waals surface area contributed by atoms with Gasteiger partial charge in [-0.1, -0.05) is 66.2 Å². The summed E-state index contributed by atoms with van der Waals surface area (Å²) in [5, 5.41) is 1.02. The molecule has 0 unspecified atom stereocenters. The Morgan fingerprint density at radius 2 is 1.73 bits per heavy atom. The van der Waals surface area contributed by atoms with Crippen LogP contribution in [-0.2, 0) is 0 Å². The lowest BCUT2D eigenvalue weighted by Gasteiger charge is -2.02. The lowest BCUT2D eigenvalue weighted by atomic mass is 10.0. The van der Waals surface area contributed by atoms with Crippen molar-refractivity contribution in [3.63, 3.8) is 0 Å². The Morgan fingerprint density at radius 1 is 0.962 bits per heavy atom. The summed E-state index contributed by atoms with van der Waals surface area (Å²) in [7, 11) is 0. The zero-order valence-electron chi connectivity index (χ0n) is 14.3. The van der Waals surface area contributed by atoms with E-state index in [0.29, 0.717) is 0 Å². The highest BCUT2D eigenvalue weighted by Crippen LogP contribution is 2.38. The monoisotopic (exact) mass is 355 g/mol. The van der Waals surface area contributed by atoms with E-state index >= 15 is 0 Å². The molecule has 2 aromatic carbocycles. The number of aryl methyl sites for hydroxylation is 1. The fourth-order valence-electron chi connectivity index (χ4n) is 2.92. The third-order valence-electron chi connectivity index (χ3n) is 4.26. The van der Waals surface area contributed by atoms with E-state index in [0.717, 1.165) is 31.8 Å². The molecule has 0 bridgehead atoms. The first-order chi connectivity index (χ1) is 12.7. The lowest BCUT2D eigenvalue weighted by Crippen LogP contribution is -1.93. The van der Waals surface area contributed by atoms with E-state index in [1.54, 1.807) is 12.3 Å². The molecule has 0 amide bonds. The van der Waals surface area contributed by atoms with Gasteiger partial charge in [0.05, 0.1) is 4.88 Å². The first-order valence-electron chi connectivity index (χ1n) is 8.44. The average molecular weight is 355 g/mol. The fraction of sp³-hybridized carbons (Fsp3) is 0.0435. The number of thiophene rings is 1. The van der Waals surface area contributed by atoms with Crippen molar-refractivity contribution in [1.82, 2.24) is 4.98 Å². The minimum atomic E-state index is 0.00688. The Balaban J connectivity index is 1.78. The summed E-state index contributed by atoms with van der Waals surface area (Å²) in [5.41, 5.74) is 4.23. The van der Waals surface area contributed by atoms with E-state index in [2.05, 4.69) is 11.9 Å². The summed E-state index contributed by atoms with van der Waals surface area (Å²) in [6, 6.07) is 22.1. The largest absolute Gasteiger partial charge is 0.288 e. The first-order valence-corrected chi connectivity index (χ1v) is 9.26. The maximum Gasteiger partial charge on any atom is 0.196 e. The maximum absolute atomic E-state index is 12.9. The molecule has 0 atom stereocenters. The Kier molecular flexibility index (Phi) is 4.46. The van der Waals surface area contributed by atoms with E-state index in [-0.39, 0.29) is 5.78 Å². The number of benzene rings is 2. The maximum atomic E-state index is 12.9. The number of carbonyl (C=O) groups is 1. The topological polar surface area (TPSA) is 30.0 Å². The highest BCUT2D eigenvalue weighted by atomic mass is 32.1. The van der Waals surface area contributed by atoms with Gasteiger partial charge in [0.25, 0.3) is 0 Å². The van der Waals surface area contributed by atoms with Crippen LogP contribution < -0.4 is 0 Å². The van der Waals surface area contributed by atoms with Gasteiger partial charge < -0.3 is 0 Å². The fourth-order valence-corrected chi connectivity index (χ4v) is 4.01. The number of carbonyl (C=O) groups excluding carboxylic acids is 1. The summed E-state index contributed by atoms with van der Waals surface area (Å²) >= 11 is 1.45. The smallest absolute Gasteiger partial charge is 0.196 e. The van der Waals surface area contributed by atoms with E-state index in [1.165, 1.54) is 16.9 Å². The molecular formula is C23H17NOS. The average Bonchev–Trinajstić information content (AvgIpc) is 3.07. The van der Waals surface area contributed by atoms with Crippen molar-refractivity contribution in [3.8, 4) is 11.1 Å². The van der Waals surface area contributed by atoms with Crippen LogP contribution in [0.25, 0.3) is 27.4 Å². The summed E-state index contributed by atoms with van der Waals surface area (Å²) < 4.78 is 0. The van der Waals surface area contributed by atoms with Crippen LogP contribution in [0.15, 0.2) is 79.0 Å². The summed E-state index contributed by atoms with van der Waals surface area (Å²) in [6.45, 7) is 2.05. The van der Waals surface area contributed by atoms with Crippen LogP contribution >= 0.6 is 11.3 Å². The number of fused-ring (bicyclic) bond motifs is 1. The second-order valence-corrected chi connectivity index (χ2v) is 7.14. The van der Waals surface area contributed by atoms with Gasteiger partial charge in [0.15, 0.2) is 5.78 Å². The highest BCUT2D eigenvalue weighted by molar-refractivity contribution is 7.21. The molecule has 26 heavy (non-hydrogen) atoms. The third kappa shape index (κ3) is 3.22. The molecule has 2 nitrogen and oxygen atoms in total. The van der Waals surface area contributed by atoms with Gasteiger partial charge in [-0.25, -0.2) is 4.98 Å². The number of hydrogen-bond donors (Lipinski definition) is 0. The third-order valence-corrected chi connectivity index (χ3v) is 5.39. The molecule has 2 heterocycles. The molecule has 4 aromatic rings. The van der Waals surface area contributed by atoms with Crippen molar-refractivity contribution < 1.29 is 4.79 Å². The highest BCUT2D eigenvalue weighted by Gasteiger charge is 2.18. The van der Waals surface area contributed by atoms with E-state index < -0.39 is 0 Å². The molecule has 0 aliphatic carbocycles. The van der Waals surface area contributed by atoms with Gasteiger partial charge in [0.1, 0.15) is 4.83 Å². The van der Waals surface area contributed by atoms with Crippen molar-refractivity contribution in [2.45, 2.75) is 6.92 Å². The second kappa shape index (κ2) is 7.06. The Morgan fingerprint density at radius 3 is 2.50 bits per heavy atom. The molecule has 0 fully saturated rings. The molecule has 4 rings (SSSR count). The van der Waals surface area contributed by atoms with Crippen LogP contribution in [0.1, 0.15) is 20.8 Å². The Labute approximate surface area is 156 Å². The Bertz CT molecular complexity index is 1090. The van der Waals surface area contributed by atoms with Crippen molar-refractivity contribution in [2.75, 3.05) is 0 Å². The van der Waals surface area contributed by atoms with Crippen molar-refractivity contribution in [2.24, 2.45) is 0 Å². The second-order valence-electron chi connectivity index (χ2n) is 6.14. The SMILES string of the molecule is Cc1ccc(C=CC(=O)c2sc3ncccc3c2-c2ccccc2)cc1. The molecule has 0 aliphatic rings. The molecule has 0 aliphatic heterocycles. The van der Waals surface area contributed by atoms with Crippen LogP contribution in [-0.4, -0.2) is 10.8 Å². The van der Waals surface area contributed by atoms with Gasteiger partial charge >= 0.3 is 0 Å². The number of rotatable bonds is 4. The van der Waals surface area contributed by atoms with E-state index in [1.807, 2.05) is 72.8 Å². The molecule has 0 radical (unpaired) electrons. The minimum Gasteiger partial charge on any atom is -0.288 e. The standard InChI is InChI=1S/C23H17NOS/c1-16-9-11-17(12-10-16)13-14-20(25)22-21(18-6-3-2-4-7-18)19-8-5-15-24-23(19)26-22/h2-15H,1H3. The molecule has 0 N–H and O–H groups in total. The molecular weight excluding hydrogens is 338 g/mol. The number of aromatic nitrogens is 1. The predicted molar refractivity (Wildman–Crippen MR) is 110 cm³/mol. The Hall–Kier alpha value is -3.04.